The van der Waals surface area contributed by atoms with E-state index in [-0.39, 0.29) is 5.91 Å². The van der Waals surface area contributed by atoms with Gasteiger partial charge in [0.2, 0.25) is 5.91 Å². The first-order valence-electron chi connectivity index (χ1n) is 8.26. The van der Waals surface area contributed by atoms with Crippen molar-refractivity contribution in [3.63, 3.8) is 0 Å². The lowest BCUT2D eigenvalue weighted by Gasteiger charge is -2.36. The average molecular weight is 329 g/mol. The Hall–Kier alpha value is -2.27. The van der Waals surface area contributed by atoms with Gasteiger partial charge in [0.05, 0.1) is 25.1 Å². The zero-order valence-electron chi connectivity index (χ0n) is 13.9. The summed E-state index contributed by atoms with van der Waals surface area (Å²) in [5.41, 5.74) is 1.58. The maximum Gasteiger partial charge on any atom is 0.230 e. The summed E-state index contributed by atoms with van der Waals surface area (Å²) >= 11 is 0. The van der Waals surface area contributed by atoms with Crippen LogP contribution in [0.4, 0.5) is 0 Å². The van der Waals surface area contributed by atoms with Gasteiger partial charge in [0.1, 0.15) is 5.75 Å². The Bertz CT molecular complexity index is 643. The van der Waals surface area contributed by atoms with Gasteiger partial charge in [-0.2, -0.15) is 0 Å². The predicted octanol–water partition coefficient (Wildman–Crippen LogP) is 2.70. The first-order valence-corrected chi connectivity index (χ1v) is 8.26. The number of benzene rings is 1. The number of carbonyl (C=O) groups excluding carboxylic acids is 1. The third-order valence-corrected chi connectivity index (χ3v) is 4.70. The molecule has 0 radical (unpaired) electrons. The highest BCUT2D eigenvalue weighted by Crippen LogP contribution is 2.36. The highest BCUT2D eigenvalue weighted by molar-refractivity contribution is 5.88. The van der Waals surface area contributed by atoms with Crippen molar-refractivity contribution < 1.29 is 18.7 Å². The lowest BCUT2D eigenvalue weighted by Crippen LogP contribution is -2.48. The van der Waals surface area contributed by atoms with Crippen molar-refractivity contribution in [2.75, 3.05) is 26.9 Å². The summed E-state index contributed by atoms with van der Waals surface area (Å²) in [7, 11) is 1.64. The van der Waals surface area contributed by atoms with Crippen molar-refractivity contribution in [3.05, 3.63) is 54.0 Å². The first-order chi connectivity index (χ1) is 11.7. The molecule has 24 heavy (non-hydrogen) atoms. The van der Waals surface area contributed by atoms with Gasteiger partial charge in [-0.3, -0.25) is 4.79 Å². The highest BCUT2D eigenvalue weighted by atomic mass is 16.5. The fourth-order valence-corrected chi connectivity index (χ4v) is 3.20. The quantitative estimate of drug-likeness (QED) is 0.885. The number of hydrogen-bond donors (Lipinski definition) is 1. The Morgan fingerprint density at radius 3 is 2.58 bits per heavy atom. The molecule has 0 bridgehead atoms. The maximum atomic E-state index is 13.0. The Balaban J connectivity index is 1.72. The third-order valence-electron chi connectivity index (χ3n) is 4.70. The van der Waals surface area contributed by atoms with E-state index in [2.05, 4.69) is 5.32 Å². The van der Waals surface area contributed by atoms with E-state index in [0.717, 1.165) is 23.3 Å². The highest BCUT2D eigenvalue weighted by Gasteiger charge is 2.41. The normalized spacial score (nSPS) is 16.5. The van der Waals surface area contributed by atoms with Crippen LogP contribution in [0, 0.1) is 0 Å². The molecule has 3 rings (SSSR count). The Morgan fingerprint density at radius 2 is 1.96 bits per heavy atom. The van der Waals surface area contributed by atoms with Crippen LogP contribution in [0.1, 0.15) is 24.0 Å². The molecule has 0 aliphatic carbocycles. The second-order valence-electron chi connectivity index (χ2n) is 6.06. The molecule has 1 aliphatic rings. The van der Waals surface area contributed by atoms with Crippen LogP contribution < -0.4 is 10.1 Å². The Kier molecular flexibility index (Phi) is 5.20. The number of amides is 1. The molecule has 1 aromatic carbocycles. The molecule has 0 unspecified atom stereocenters. The fourth-order valence-electron chi connectivity index (χ4n) is 3.20. The van der Waals surface area contributed by atoms with Crippen molar-refractivity contribution in [3.8, 4) is 5.75 Å². The molecule has 1 N–H and O–H groups in total. The van der Waals surface area contributed by atoms with Gasteiger partial charge in [0, 0.05) is 19.8 Å². The summed E-state index contributed by atoms with van der Waals surface area (Å²) < 4.78 is 15.8. The molecule has 1 aromatic heterocycles. The molecular formula is C19H23NO4. The number of rotatable bonds is 6. The van der Waals surface area contributed by atoms with E-state index in [1.165, 1.54) is 0 Å². The van der Waals surface area contributed by atoms with Gasteiger partial charge in [-0.1, -0.05) is 12.1 Å². The van der Waals surface area contributed by atoms with Crippen molar-refractivity contribution in [1.82, 2.24) is 5.32 Å². The molecule has 1 amide bonds. The van der Waals surface area contributed by atoms with E-state index in [9.17, 15) is 4.79 Å². The summed E-state index contributed by atoms with van der Waals surface area (Å²) in [5.74, 6) is 0.862. The van der Waals surface area contributed by atoms with Crippen LogP contribution in [0.25, 0.3) is 0 Å². The molecular weight excluding hydrogens is 306 g/mol. The monoisotopic (exact) mass is 329 g/mol. The zero-order chi connectivity index (χ0) is 16.8. The Labute approximate surface area is 141 Å². The molecule has 5 heteroatoms. The molecule has 5 nitrogen and oxygen atoms in total. The number of methoxy groups -OCH3 is 1. The van der Waals surface area contributed by atoms with Crippen molar-refractivity contribution >= 4 is 5.91 Å². The van der Waals surface area contributed by atoms with Crippen LogP contribution >= 0.6 is 0 Å². The van der Waals surface area contributed by atoms with Gasteiger partial charge in [-0.25, -0.2) is 0 Å². The van der Waals surface area contributed by atoms with Crippen molar-refractivity contribution in [1.29, 1.82) is 0 Å². The summed E-state index contributed by atoms with van der Waals surface area (Å²) in [5, 5.41) is 3.09. The molecule has 2 aromatic rings. The summed E-state index contributed by atoms with van der Waals surface area (Å²) in [6.07, 6.45) is 5.50. The molecule has 1 saturated heterocycles. The van der Waals surface area contributed by atoms with Gasteiger partial charge in [0.25, 0.3) is 0 Å². The van der Waals surface area contributed by atoms with Crippen molar-refractivity contribution in [2.24, 2.45) is 0 Å². The minimum Gasteiger partial charge on any atom is -0.497 e. The van der Waals surface area contributed by atoms with Gasteiger partial charge >= 0.3 is 0 Å². The number of hydrogen-bond acceptors (Lipinski definition) is 4. The van der Waals surface area contributed by atoms with E-state index in [0.29, 0.717) is 32.6 Å². The van der Waals surface area contributed by atoms with Gasteiger partial charge in [-0.15, -0.1) is 0 Å². The minimum absolute atomic E-state index is 0.0689. The topological polar surface area (TPSA) is 60.7 Å². The van der Waals surface area contributed by atoms with Crippen molar-refractivity contribution in [2.45, 2.75) is 24.7 Å². The van der Waals surface area contributed by atoms with Crippen LogP contribution in [0.5, 0.6) is 5.75 Å². The summed E-state index contributed by atoms with van der Waals surface area (Å²) in [6, 6.07) is 9.70. The zero-order valence-corrected chi connectivity index (χ0v) is 13.9. The van der Waals surface area contributed by atoms with Gasteiger partial charge in [-0.05, 0) is 48.6 Å². The second kappa shape index (κ2) is 7.53. The van der Waals surface area contributed by atoms with E-state index in [4.69, 9.17) is 13.9 Å². The number of furan rings is 1. The van der Waals surface area contributed by atoms with E-state index < -0.39 is 5.41 Å². The fraction of sp³-hybridized carbons (Fsp3) is 0.421. The molecule has 1 fully saturated rings. The maximum absolute atomic E-state index is 13.0. The lowest BCUT2D eigenvalue weighted by molar-refractivity contribution is -0.130. The molecule has 0 atom stereocenters. The summed E-state index contributed by atoms with van der Waals surface area (Å²) in [4.78, 5) is 13.0. The van der Waals surface area contributed by atoms with Gasteiger partial charge < -0.3 is 19.2 Å². The smallest absolute Gasteiger partial charge is 0.230 e. The molecule has 2 heterocycles. The summed E-state index contributed by atoms with van der Waals surface area (Å²) in [6.45, 7) is 1.79. The van der Waals surface area contributed by atoms with Crippen LogP contribution in [0.3, 0.4) is 0 Å². The SMILES string of the molecule is COc1ccc(C2(C(=O)NCCc3ccoc3)CCOCC2)cc1. The predicted molar refractivity (Wildman–Crippen MR) is 90.1 cm³/mol. The number of carbonyl (C=O) groups is 1. The van der Waals surface area contributed by atoms with Gasteiger partial charge in [0.15, 0.2) is 0 Å². The lowest BCUT2D eigenvalue weighted by atomic mass is 9.73. The number of ether oxygens (including phenoxy) is 2. The van der Waals surface area contributed by atoms with Crippen LogP contribution in [0.15, 0.2) is 47.3 Å². The average Bonchev–Trinajstić information content (AvgIpc) is 3.16. The molecule has 0 saturated carbocycles. The van der Waals surface area contributed by atoms with Crippen LogP contribution in [-0.4, -0.2) is 32.8 Å². The largest absolute Gasteiger partial charge is 0.497 e. The molecule has 128 valence electrons. The van der Waals surface area contributed by atoms with Crippen LogP contribution in [-0.2, 0) is 21.4 Å². The van der Waals surface area contributed by atoms with Crippen LogP contribution in [0.2, 0.25) is 0 Å². The minimum atomic E-state index is -0.527. The molecule has 1 aliphatic heterocycles. The third kappa shape index (κ3) is 3.46. The van der Waals surface area contributed by atoms with E-state index >= 15 is 0 Å². The number of nitrogens with one attached hydrogen (secondary N) is 1. The van der Waals surface area contributed by atoms with E-state index in [1.54, 1.807) is 19.6 Å². The first kappa shape index (κ1) is 16.6. The Morgan fingerprint density at radius 1 is 1.21 bits per heavy atom. The van der Waals surface area contributed by atoms with E-state index in [1.807, 2.05) is 30.3 Å². The second-order valence-corrected chi connectivity index (χ2v) is 6.06. The molecule has 0 spiro atoms. The standard InChI is InChI=1S/C19H23NO4/c1-22-17-4-2-16(3-5-17)19(8-12-23-13-9-19)18(21)20-10-6-15-7-11-24-14-15/h2-5,7,11,14H,6,8-10,12-13H2,1H3,(H,20,21).